The van der Waals surface area contributed by atoms with Crippen molar-refractivity contribution in [3.63, 3.8) is 0 Å². The fraction of sp³-hybridized carbons (Fsp3) is 0.517. The van der Waals surface area contributed by atoms with Crippen LogP contribution in [0, 0.1) is 0 Å². The Bertz CT molecular complexity index is 1180. The van der Waals surface area contributed by atoms with Crippen LogP contribution in [-0.4, -0.2) is 51.0 Å². The van der Waals surface area contributed by atoms with Crippen LogP contribution in [-0.2, 0) is 37.0 Å². The maximum atomic E-state index is 12.2. The van der Waals surface area contributed by atoms with E-state index in [-0.39, 0.29) is 29.5 Å². The molecule has 2 aromatic rings. The van der Waals surface area contributed by atoms with Crippen molar-refractivity contribution in [2.75, 3.05) is 25.6 Å². The van der Waals surface area contributed by atoms with E-state index >= 15 is 0 Å². The Kier molecular flexibility index (Phi) is 14.4. The van der Waals surface area contributed by atoms with E-state index in [9.17, 15) is 18.0 Å². The Morgan fingerprint density at radius 1 is 0.897 bits per heavy atom. The minimum Gasteiger partial charge on any atom is -0.494 e. The number of benzene rings is 2. The third kappa shape index (κ3) is 12.0. The van der Waals surface area contributed by atoms with Crippen LogP contribution in [0.2, 0.25) is 0 Å². The summed E-state index contributed by atoms with van der Waals surface area (Å²) in [5.41, 5.74) is 2.08. The second kappa shape index (κ2) is 17.2. The molecule has 10 heteroatoms. The van der Waals surface area contributed by atoms with Gasteiger partial charge in [0.25, 0.3) is 0 Å². The molecule has 0 fully saturated rings. The van der Waals surface area contributed by atoms with Gasteiger partial charge in [-0.1, -0.05) is 47.8 Å². The Balaban J connectivity index is 1.87. The fourth-order valence-corrected chi connectivity index (χ4v) is 5.62. The number of hydrogen-bond donors (Lipinski definition) is 1. The van der Waals surface area contributed by atoms with E-state index in [2.05, 4.69) is 15.9 Å². The monoisotopic (exact) mass is 626 g/mol. The molecule has 0 aliphatic heterocycles. The van der Waals surface area contributed by atoms with Crippen molar-refractivity contribution < 1.29 is 37.3 Å². The van der Waals surface area contributed by atoms with Gasteiger partial charge in [0.15, 0.2) is 9.84 Å². The topological polar surface area (TPSA) is 116 Å². The van der Waals surface area contributed by atoms with Crippen LogP contribution >= 0.6 is 15.9 Å². The highest BCUT2D eigenvalue weighted by molar-refractivity contribution is 9.10. The van der Waals surface area contributed by atoms with Crippen molar-refractivity contribution in [3.05, 3.63) is 52.0 Å². The number of aliphatic carboxylic acids is 1. The second-order valence-corrected chi connectivity index (χ2v) is 12.3. The number of esters is 1. The summed E-state index contributed by atoms with van der Waals surface area (Å²) in [7, 11) is -3.31. The van der Waals surface area contributed by atoms with E-state index in [1.165, 1.54) is 0 Å². The lowest BCUT2D eigenvalue weighted by molar-refractivity contribution is -0.143. The van der Waals surface area contributed by atoms with Crippen LogP contribution in [0.1, 0.15) is 69.9 Å². The van der Waals surface area contributed by atoms with Gasteiger partial charge in [-0.2, -0.15) is 0 Å². The summed E-state index contributed by atoms with van der Waals surface area (Å²) in [6, 6.07) is 10.8. The van der Waals surface area contributed by atoms with Gasteiger partial charge >= 0.3 is 11.9 Å². The first kappa shape index (κ1) is 32.6. The number of aryl methyl sites for hydroxylation is 1. The van der Waals surface area contributed by atoms with Gasteiger partial charge in [-0.25, -0.2) is 8.42 Å². The van der Waals surface area contributed by atoms with E-state index in [1.807, 2.05) is 18.2 Å². The molecule has 0 heterocycles. The Labute approximate surface area is 240 Å². The lowest BCUT2D eigenvalue weighted by atomic mass is 9.96. The van der Waals surface area contributed by atoms with Gasteiger partial charge < -0.3 is 19.3 Å². The van der Waals surface area contributed by atoms with Crippen molar-refractivity contribution in [1.29, 1.82) is 0 Å². The molecule has 0 atom stereocenters. The average Bonchev–Trinajstić information content (AvgIpc) is 2.89. The Morgan fingerprint density at radius 3 is 2.36 bits per heavy atom. The molecule has 216 valence electrons. The lowest BCUT2D eigenvalue weighted by Crippen LogP contribution is -2.09. The minimum atomic E-state index is -3.31. The summed E-state index contributed by atoms with van der Waals surface area (Å²) < 4.78 is 41.8. The smallest absolute Gasteiger partial charge is 0.306 e. The summed E-state index contributed by atoms with van der Waals surface area (Å²) in [6.45, 7) is 4.52. The summed E-state index contributed by atoms with van der Waals surface area (Å²) in [4.78, 5) is 23.0. The van der Waals surface area contributed by atoms with E-state index in [4.69, 9.17) is 19.3 Å². The highest BCUT2D eigenvalue weighted by Gasteiger charge is 2.15. The molecule has 0 spiro atoms. The Morgan fingerprint density at radius 2 is 1.64 bits per heavy atom. The van der Waals surface area contributed by atoms with E-state index in [1.54, 1.807) is 32.0 Å². The Hall–Kier alpha value is -2.59. The molecule has 8 nitrogen and oxygen atoms in total. The predicted molar refractivity (Wildman–Crippen MR) is 153 cm³/mol. The van der Waals surface area contributed by atoms with Crippen LogP contribution < -0.4 is 9.47 Å². The summed E-state index contributed by atoms with van der Waals surface area (Å²) in [6.07, 6.45) is 5.77. The molecule has 1 N–H and O–H groups in total. The van der Waals surface area contributed by atoms with E-state index in [0.29, 0.717) is 48.6 Å². The summed E-state index contributed by atoms with van der Waals surface area (Å²) in [5.74, 6) is 0.143. The molecule has 0 aliphatic carbocycles. The van der Waals surface area contributed by atoms with Gasteiger partial charge in [0.1, 0.15) is 11.5 Å². The number of carbonyl (C=O) groups is 2. The van der Waals surface area contributed by atoms with Crippen LogP contribution in [0.5, 0.6) is 11.5 Å². The summed E-state index contributed by atoms with van der Waals surface area (Å²) >= 11 is 3.36. The maximum Gasteiger partial charge on any atom is 0.306 e. The lowest BCUT2D eigenvalue weighted by Gasteiger charge is -2.16. The molecule has 0 unspecified atom stereocenters. The number of unbranched alkanes of at least 4 members (excludes halogenated alkanes) is 3. The largest absolute Gasteiger partial charge is 0.494 e. The number of carbonyl (C=O) groups excluding carboxylic acids is 1. The highest BCUT2D eigenvalue weighted by atomic mass is 79.9. The molecule has 2 rings (SSSR count). The second-order valence-electron chi connectivity index (χ2n) is 9.08. The van der Waals surface area contributed by atoms with Gasteiger partial charge in [0, 0.05) is 17.3 Å². The maximum absolute atomic E-state index is 12.2. The van der Waals surface area contributed by atoms with Gasteiger partial charge in [-0.3, -0.25) is 9.59 Å². The van der Waals surface area contributed by atoms with Crippen molar-refractivity contribution >= 4 is 37.7 Å². The van der Waals surface area contributed by atoms with E-state index in [0.717, 1.165) is 43.2 Å². The van der Waals surface area contributed by atoms with Crippen LogP contribution in [0.15, 0.2) is 45.8 Å². The van der Waals surface area contributed by atoms with E-state index < -0.39 is 15.8 Å². The molecule has 0 saturated carbocycles. The third-order valence-electron chi connectivity index (χ3n) is 6.10. The molecule has 0 saturated heterocycles. The van der Waals surface area contributed by atoms with Gasteiger partial charge in [0.05, 0.1) is 30.5 Å². The molecule has 0 aromatic heterocycles. The first-order valence-electron chi connectivity index (χ1n) is 13.4. The number of halogens is 1. The minimum absolute atomic E-state index is 0.0349. The van der Waals surface area contributed by atoms with Gasteiger partial charge in [-0.05, 0) is 74.4 Å². The number of rotatable bonds is 19. The average molecular weight is 628 g/mol. The molecule has 2 aromatic carbocycles. The van der Waals surface area contributed by atoms with Crippen molar-refractivity contribution in [3.8, 4) is 11.5 Å². The highest BCUT2D eigenvalue weighted by Crippen LogP contribution is 2.27. The van der Waals surface area contributed by atoms with Crippen molar-refractivity contribution in [1.82, 2.24) is 0 Å². The van der Waals surface area contributed by atoms with Crippen molar-refractivity contribution in [2.45, 2.75) is 76.5 Å². The van der Waals surface area contributed by atoms with Crippen LogP contribution in [0.4, 0.5) is 0 Å². The molecule has 39 heavy (non-hydrogen) atoms. The van der Waals surface area contributed by atoms with Crippen LogP contribution in [0.3, 0.4) is 0 Å². The zero-order chi connectivity index (χ0) is 28.7. The number of carboxylic acid groups (broad SMARTS) is 1. The molecule has 0 amide bonds. The first-order valence-corrected chi connectivity index (χ1v) is 15.9. The normalized spacial score (nSPS) is 11.3. The molecule has 0 radical (unpaired) electrons. The zero-order valence-corrected chi connectivity index (χ0v) is 25.2. The fourth-order valence-electron chi connectivity index (χ4n) is 4.06. The molecule has 0 aliphatic rings. The number of ether oxygens (including phenoxy) is 3. The third-order valence-corrected chi connectivity index (χ3v) is 8.27. The number of carboxylic acids is 1. The first-order chi connectivity index (χ1) is 18.7. The predicted octanol–water partition coefficient (Wildman–Crippen LogP) is 6.16. The SMILES string of the molecule is CCOC(=O)CCc1c(CCCCCCOc2cc(Br)cc(S(=O)(=O)CC)c2)cccc1OCCCC(=O)O. The quantitative estimate of drug-likeness (QED) is 0.145. The van der Waals surface area contributed by atoms with Gasteiger partial charge in [-0.15, -0.1) is 0 Å². The molecular weight excluding hydrogens is 588 g/mol. The van der Waals surface area contributed by atoms with Gasteiger partial charge in [0.2, 0.25) is 0 Å². The number of hydrogen-bond acceptors (Lipinski definition) is 7. The standard InChI is InChI=1S/C29H39BrO8S/c1-3-36-29(33)16-15-26-22(12-9-13-27(26)38-18-10-14-28(31)32)11-7-5-6-8-17-37-24-19-23(30)20-25(21-24)39(34,35)4-2/h9,12-13,19-21H,3-8,10-11,14-18H2,1-2H3,(H,31,32). The number of sulfone groups is 1. The molecule has 0 bridgehead atoms. The zero-order valence-electron chi connectivity index (χ0n) is 22.7. The van der Waals surface area contributed by atoms with Crippen LogP contribution in [0.25, 0.3) is 0 Å². The summed E-state index contributed by atoms with van der Waals surface area (Å²) in [5, 5.41) is 8.86. The molecular formula is C29H39BrO8S. The van der Waals surface area contributed by atoms with Crippen molar-refractivity contribution in [2.24, 2.45) is 0 Å².